The maximum atomic E-state index is 14.5. The number of carbonyl (C=O) groups excluding carboxylic acids is 3. The van der Waals surface area contributed by atoms with Gasteiger partial charge < -0.3 is 43.4 Å². The van der Waals surface area contributed by atoms with Crippen LogP contribution in [0, 0.1) is 29.6 Å². The van der Waals surface area contributed by atoms with Crippen molar-refractivity contribution in [2.45, 2.75) is 155 Å². The van der Waals surface area contributed by atoms with Gasteiger partial charge in [-0.05, 0) is 62.8 Å². The molecule has 2 bridgehead atoms. The Morgan fingerprint density at radius 2 is 1.77 bits per heavy atom. The minimum absolute atomic E-state index is 0.0544. The van der Waals surface area contributed by atoms with E-state index in [9.17, 15) is 24.6 Å². The SMILES string of the molecule is C/C=C(\C)[C@H]1O[C@@]2(C[C@@H]3C[C@@H](C/C=C(/C)[C@H](OC(=O)C(C)CC)[C@@H](C)/C=C\C=C4/CO[C@@H]5[C@H](OC)C(C)=C[C@@H](C(=O)O3)[C@]45O)O2)[C@H](O)[C@@H](OC(=O)C(C)C)[C@@H]1C. The first-order valence-electron chi connectivity index (χ1n) is 20.3. The van der Waals surface area contributed by atoms with E-state index in [0.717, 1.165) is 16.7 Å². The third kappa shape index (κ3) is 8.52. The highest BCUT2D eigenvalue weighted by Crippen LogP contribution is 2.49. The summed E-state index contributed by atoms with van der Waals surface area (Å²) in [5.74, 6) is -5.80. The van der Waals surface area contributed by atoms with Gasteiger partial charge in [-0.15, -0.1) is 0 Å². The monoisotopic (exact) mass is 784 g/mol. The van der Waals surface area contributed by atoms with Gasteiger partial charge in [-0.1, -0.05) is 78.0 Å². The topological polar surface area (TPSA) is 156 Å². The maximum Gasteiger partial charge on any atom is 0.316 e. The Morgan fingerprint density at radius 1 is 1.05 bits per heavy atom. The van der Waals surface area contributed by atoms with Crippen molar-refractivity contribution in [3.8, 4) is 0 Å². The summed E-state index contributed by atoms with van der Waals surface area (Å²) >= 11 is 0. The smallest absolute Gasteiger partial charge is 0.316 e. The Kier molecular flexibility index (Phi) is 14.0. The molecule has 3 saturated heterocycles. The number of methoxy groups -OCH3 is 1. The zero-order valence-electron chi connectivity index (χ0n) is 35.0. The molecule has 312 valence electrons. The summed E-state index contributed by atoms with van der Waals surface area (Å²) in [6.07, 6.45) is 5.46. The van der Waals surface area contributed by atoms with E-state index < -0.39 is 89.9 Å². The molecule has 4 heterocycles. The van der Waals surface area contributed by atoms with Crippen LogP contribution in [0.2, 0.25) is 0 Å². The van der Waals surface area contributed by atoms with E-state index in [1.807, 2.05) is 73.6 Å². The Hall–Kier alpha value is -3.13. The number of allylic oxidation sites excluding steroid dienone is 3. The molecule has 12 heteroatoms. The average molecular weight is 785 g/mol. The fourth-order valence-corrected chi connectivity index (χ4v) is 8.69. The van der Waals surface area contributed by atoms with E-state index in [-0.39, 0.29) is 37.3 Å². The van der Waals surface area contributed by atoms with Crippen molar-refractivity contribution in [3.63, 3.8) is 0 Å². The number of aliphatic hydroxyl groups is 2. The first kappa shape index (κ1) is 44.0. The Bertz CT molecular complexity index is 1620. The molecule has 0 aromatic carbocycles. The molecule has 0 aromatic rings. The predicted molar refractivity (Wildman–Crippen MR) is 208 cm³/mol. The van der Waals surface area contributed by atoms with E-state index in [2.05, 4.69) is 0 Å². The van der Waals surface area contributed by atoms with Gasteiger partial charge in [-0.2, -0.15) is 0 Å². The van der Waals surface area contributed by atoms with E-state index >= 15 is 0 Å². The van der Waals surface area contributed by atoms with Gasteiger partial charge in [0.05, 0.1) is 30.7 Å². The number of rotatable bonds is 7. The minimum Gasteiger partial charge on any atom is -0.462 e. The lowest BCUT2D eigenvalue weighted by Gasteiger charge is -2.54. The van der Waals surface area contributed by atoms with Gasteiger partial charge in [0.25, 0.3) is 0 Å². The standard InChI is InChI=1S/C44H64O12/c1-12-24(5)35-29(10)37(54-40(46)23(3)4)38(45)43(56-35)21-32-20-31(55-43)18-17-27(8)34(53-41(47)25(6)13-2)26(7)15-14-16-30-22-51-39-36(50-11)28(9)19-33(42(48)52-32)44(30,39)49/h12,14-17,19,23,25-26,29,31-39,45,49H,13,18,20-22H2,1-11H3/b15-14-,24-12+,27-17-,30-16+/t25?,26-,29+,31+,32-,33-,34+,35+,36+,37-,38+,39+,43-,44+/m0/s1. The van der Waals surface area contributed by atoms with Crippen molar-refractivity contribution in [1.29, 1.82) is 0 Å². The van der Waals surface area contributed by atoms with Gasteiger partial charge in [0.2, 0.25) is 5.79 Å². The molecule has 56 heavy (non-hydrogen) atoms. The van der Waals surface area contributed by atoms with E-state index in [4.69, 9.17) is 33.2 Å². The van der Waals surface area contributed by atoms with Gasteiger partial charge >= 0.3 is 17.9 Å². The minimum atomic E-state index is -1.80. The summed E-state index contributed by atoms with van der Waals surface area (Å²) in [7, 11) is 1.54. The van der Waals surface area contributed by atoms with Gasteiger partial charge in [0.15, 0.2) is 0 Å². The van der Waals surface area contributed by atoms with Crippen LogP contribution in [0.15, 0.2) is 58.7 Å². The molecule has 1 spiro atoms. The molecule has 1 aliphatic carbocycles. The van der Waals surface area contributed by atoms with Crippen LogP contribution in [0.1, 0.15) is 94.9 Å². The molecule has 12 nitrogen and oxygen atoms in total. The lowest BCUT2D eigenvalue weighted by Crippen LogP contribution is -2.67. The number of ether oxygens (including phenoxy) is 7. The van der Waals surface area contributed by atoms with Crippen LogP contribution in [0.5, 0.6) is 0 Å². The van der Waals surface area contributed by atoms with E-state index in [0.29, 0.717) is 18.4 Å². The Labute approximate surface area is 332 Å². The summed E-state index contributed by atoms with van der Waals surface area (Å²) in [6, 6.07) is 0. The molecule has 2 N–H and O–H groups in total. The summed E-state index contributed by atoms with van der Waals surface area (Å²) in [5.41, 5.74) is 1.04. The number of carbonyl (C=O) groups is 3. The number of hydrogen-bond donors (Lipinski definition) is 2. The zero-order valence-corrected chi connectivity index (χ0v) is 35.0. The number of esters is 3. The average Bonchev–Trinajstić information content (AvgIpc) is 3.50. The Morgan fingerprint density at radius 3 is 2.41 bits per heavy atom. The second-order valence-electron chi connectivity index (χ2n) is 16.9. The van der Waals surface area contributed by atoms with Crippen LogP contribution in [0.25, 0.3) is 0 Å². The summed E-state index contributed by atoms with van der Waals surface area (Å²) in [4.78, 5) is 40.7. The molecule has 0 saturated carbocycles. The highest BCUT2D eigenvalue weighted by atomic mass is 16.7. The van der Waals surface area contributed by atoms with Crippen LogP contribution in [0.4, 0.5) is 0 Å². The van der Waals surface area contributed by atoms with Crippen molar-refractivity contribution >= 4 is 17.9 Å². The second kappa shape index (κ2) is 17.8. The maximum absolute atomic E-state index is 14.5. The molecular weight excluding hydrogens is 720 g/mol. The van der Waals surface area contributed by atoms with Crippen LogP contribution in [-0.4, -0.2) is 102 Å². The number of aliphatic hydroxyl groups excluding tert-OH is 1. The zero-order chi connectivity index (χ0) is 41.3. The van der Waals surface area contributed by atoms with Gasteiger partial charge in [-0.3, -0.25) is 14.4 Å². The largest absolute Gasteiger partial charge is 0.462 e. The molecule has 5 aliphatic rings. The number of fused-ring (bicyclic) bond motifs is 2. The van der Waals surface area contributed by atoms with Crippen molar-refractivity contribution in [3.05, 3.63) is 58.7 Å². The van der Waals surface area contributed by atoms with Crippen molar-refractivity contribution in [1.82, 2.24) is 0 Å². The van der Waals surface area contributed by atoms with Crippen LogP contribution in [-0.2, 0) is 47.5 Å². The first-order chi connectivity index (χ1) is 26.4. The van der Waals surface area contributed by atoms with E-state index in [1.165, 1.54) is 7.11 Å². The molecular formula is C44H64O12. The van der Waals surface area contributed by atoms with Crippen LogP contribution >= 0.6 is 0 Å². The third-order valence-electron chi connectivity index (χ3n) is 12.5. The molecule has 4 aliphatic heterocycles. The lowest BCUT2D eigenvalue weighted by atomic mass is 9.70. The number of hydrogen-bond acceptors (Lipinski definition) is 12. The van der Waals surface area contributed by atoms with E-state index in [1.54, 1.807) is 32.1 Å². The highest BCUT2D eigenvalue weighted by Gasteiger charge is 2.62. The quantitative estimate of drug-likeness (QED) is 0.181. The predicted octanol–water partition coefficient (Wildman–Crippen LogP) is 5.85. The molecule has 0 radical (unpaired) electrons. The lowest BCUT2D eigenvalue weighted by molar-refractivity contribution is -0.380. The second-order valence-corrected chi connectivity index (χ2v) is 16.9. The van der Waals surface area contributed by atoms with Gasteiger partial charge in [0, 0.05) is 31.8 Å². The highest BCUT2D eigenvalue weighted by molar-refractivity contribution is 5.78. The molecule has 14 atom stereocenters. The van der Waals surface area contributed by atoms with Crippen LogP contribution in [0.3, 0.4) is 0 Å². The van der Waals surface area contributed by atoms with Crippen LogP contribution < -0.4 is 0 Å². The Balaban J connectivity index is 1.64. The fourth-order valence-electron chi connectivity index (χ4n) is 8.69. The van der Waals surface area contributed by atoms with Gasteiger partial charge in [0.1, 0.15) is 48.1 Å². The van der Waals surface area contributed by atoms with Crippen molar-refractivity contribution in [2.75, 3.05) is 13.7 Å². The summed E-state index contributed by atoms with van der Waals surface area (Å²) in [6.45, 7) is 18.6. The summed E-state index contributed by atoms with van der Waals surface area (Å²) in [5, 5.41) is 24.8. The molecule has 3 fully saturated rings. The van der Waals surface area contributed by atoms with Crippen molar-refractivity contribution in [2.24, 2.45) is 29.6 Å². The molecule has 5 rings (SSSR count). The van der Waals surface area contributed by atoms with Gasteiger partial charge in [-0.25, -0.2) is 0 Å². The van der Waals surface area contributed by atoms with Crippen molar-refractivity contribution < 1.29 is 57.8 Å². The third-order valence-corrected chi connectivity index (χ3v) is 12.5. The molecule has 0 aromatic heterocycles. The fraction of sp³-hybridized carbons (Fsp3) is 0.705. The normalized spacial score (nSPS) is 42.3. The molecule has 0 amide bonds. The summed E-state index contributed by atoms with van der Waals surface area (Å²) < 4.78 is 44.0. The molecule has 1 unspecified atom stereocenters. The first-order valence-corrected chi connectivity index (χ1v) is 20.3.